The van der Waals surface area contributed by atoms with E-state index in [0.717, 1.165) is 36.8 Å². The van der Waals surface area contributed by atoms with Crippen molar-refractivity contribution in [2.24, 2.45) is 5.92 Å². The highest BCUT2D eigenvalue weighted by Crippen LogP contribution is 2.14. The Morgan fingerprint density at radius 2 is 2.35 bits per heavy atom. The van der Waals surface area contributed by atoms with Crippen LogP contribution in [0, 0.1) is 12.8 Å². The fourth-order valence-electron chi connectivity index (χ4n) is 2.69. The van der Waals surface area contributed by atoms with Gasteiger partial charge in [-0.15, -0.1) is 0 Å². The van der Waals surface area contributed by atoms with Gasteiger partial charge in [0.1, 0.15) is 0 Å². The molecule has 110 valence electrons. The van der Waals surface area contributed by atoms with Crippen LogP contribution in [0.3, 0.4) is 0 Å². The first kappa shape index (κ1) is 15.0. The Balaban J connectivity index is 1.66. The monoisotopic (exact) mass is 275 g/mol. The molecule has 1 fully saturated rings. The topological polar surface area (TPSA) is 45.2 Å². The van der Waals surface area contributed by atoms with Gasteiger partial charge < -0.3 is 10.2 Å². The van der Waals surface area contributed by atoms with Crippen LogP contribution in [0.2, 0.25) is 0 Å². The third-order valence-electron chi connectivity index (χ3n) is 3.83. The van der Waals surface area contributed by atoms with E-state index < -0.39 is 0 Å². The van der Waals surface area contributed by atoms with E-state index in [1.165, 1.54) is 19.4 Å². The molecule has 0 saturated carbocycles. The third-order valence-corrected chi connectivity index (χ3v) is 3.83. The van der Waals surface area contributed by atoms with Gasteiger partial charge in [-0.1, -0.05) is 13.0 Å². The normalized spacial score (nSPS) is 19.8. The van der Waals surface area contributed by atoms with Crippen LogP contribution in [-0.4, -0.2) is 42.0 Å². The number of likely N-dealkylation sites (tertiary alicyclic amines) is 1. The highest BCUT2D eigenvalue weighted by Gasteiger charge is 2.15. The van der Waals surface area contributed by atoms with Gasteiger partial charge in [0.25, 0.3) is 0 Å². The minimum atomic E-state index is 0.0840. The number of carbonyl (C=O) groups is 1. The summed E-state index contributed by atoms with van der Waals surface area (Å²) < 4.78 is 0. The summed E-state index contributed by atoms with van der Waals surface area (Å²) in [6.07, 6.45) is 4.82. The lowest BCUT2D eigenvalue weighted by Gasteiger charge is -2.30. The van der Waals surface area contributed by atoms with E-state index in [2.05, 4.69) is 22.1 Å². The van der Waals surface area contributed by atoms with Gasteiger partial charge in [-0.05, 0) is 43.9 Å². The Morgan fingerprint density at radius 3 is 3.05 bits per heavy atom. The molecule has 1 unspecified atom stereocenters. The van der Waals surface area contributed by atoms with Gasteiger partial charge in [0, 0.05) is 31.5 Å². The molecule has 1 aliphatic rings. The number of pyridine rings is 1. The molecule has 2 rings (SSSR count). The molecular formula is C16H25N3O. The van der Waals surface area contributed by atoms with E-state index >= 15 is 0 Å². The van der Waals surface area contributed by atoms with Gasteiger partial charge in [0.2, 0.25) is 5.91 Å². The molecule has 20 heavy (non-hydrogen) atoms. The average molecular weight is 275 g/mol. The van der Waals surface area contributed by atoms with Crippen LogP contribution >= 0.6 is 0 Å². The summed E-state index contributed by atoms with van der Waals surface area (Å²) in [4.78, 5) is 18.5. The first-order valence-corrected chi connectivity index (χ1v) is 7.54. The molecule has 1 aliphatic heterocycles. The second-order valence-electron chi connectivity index (χ2n) is 5.88. The number of aromatic nitrogens is 1. The Labute approximate surface area is 121 Å². The predicted molar refractivity (Wildman–Crippen MR) is 80.5 cm³/mol. The van der Waals surface area contributed by atoms with Gasteiger partial charge in [0.15, 0.2) is 0 Å². The predicted octanol–water partition coefficient (Wildman–Crippen LogP) is 1.78. The first-order chi connectivity index (χ1) is 9.63. The Morgan fingerprint density at radius 1 is 1.50 bits per heavy atom. The number of hydrogen-bond donors (Lipinski definition) is 1. The van der Waals surface area contributed by atoms with E-state index in [1.807, 2.05) is 19.1 Å². The van der Waals surface area contributed by atoms with Crippen molar-refractivity contribution in [3.8, 4) is 0 Å². The highest BCUT2D eigenvalue weighted by atomic mass is 16.1. The van der Waals surface area contributed by atoms with Crippen molar-refractivity contribution in [1.29, 1.82) is 0 Å². The van der Waals surface area contributed by atoms with Gasteiger partial charge in [-0.25, -0.2) is 0 Å². The quantitative estimate of drug-likeness (QED) is 0.891. The molecule has 4 heteroatoms. The van der Waals surface area contributed by atoms with Crippen molar-refractivity contribution >= 4 is 5.91 Å². The average Bonchev–Trinajstić information content (AvgIpc) is 2.41. The maximum absolute atomic E-state index is 11.8. The molecule has 4 nitrogen and oxygen atoms in total. The van der Waals surface area contributed by atoms with Crippen molar-refractivity contribution in [3.63, 3.8) is 0 Å². The second kappa shape index (κ2) is 7.39. The number of hydrogen-bond acceptors (Lipinski definition) is 3. The van der Waals surface area contributed by atoms with Crippen molar-refractivity contribution in [2.75, 3.05) is 26.2 Å². The van der Waals surface area contributed by atoms with E-state index in [9.17, 15) is 4.79 Å². The molecule has 1 N–H and O–H groups in total. The molecule has 0 bridgehead atoms. The van der Waals surface area contributed by atoms with Crippen LogP contribution in [0.15, 0.2) is 18.3 Å². The Hall–Kier alpha value is -1.42. The van der Waals surface area contributed by atoms with Crippen LogP contribution in [0.1, 0.15) is 31.0 Å². The fraction of sp³-hybridized carbons (Fsp3) is 0.625. The van der Waals surface area contributed by atoms with Gasteiger partial charge in [0.05, 0.1) is 6.42 Å². The number of rotatable bonds is 5. The first-order valence-electron chi connectivity index (χ1n) is 7.54. The fourth-order valence-corrected chi connectivity index (χ4v) is 2.69. The summed E-state index contributed by atoms with van der Waals surface area (Å²) in [5.41, 5.74) is 1.95. The van der Waals surface area contributed by atoms with Crippen molar-refractivity contribution in [2.45, 2.75) is 33.1 Å². The van der Waals surface area contributed by atoms with E-state index in [4.69, 9.17) is 0 Å². The minimum absolute atomic E-state index is 0.0840. The van der Waals surface area contributed by atoms with Crippen LogP contribution in [-0.2, 0) is 11.2 Å². The molecule has 0 spiro atoms. The lowest BCUT2D eigenvalue weighted by atomic mass is 10.0. The van der Waals surface area contributed by atoms with E-state index in [0.29, 0.717) is 6.42 Å². The number of aryl methyl sites for hydroxylation is 1. The van der Waals surface area contributed by atoms with Crippen molar-refractivity contribution < 1.29 is 4.79 Å². The summed E-state index contributed by atoms with van der Waals surface area (Å²) in [7, 11) is 0. The van der Waals surface area contributed by atoms with Gasteiger partial charge in [-0.3, -0.25) is 9.78 Å². The standard InChI is InChI=1S/C16H25N3O/c1-13-4-3-8-19(12-13)9-7-17-16(20)10-15-6-5-14(2)18-11-15/h5-6,11,13H,3-4,7-10,12H2,1-2H3,(H,17,20). The Bertz CT molecular complexity index is 430. The molecule has 0 aliphatic carbocycles. The van der Waals surface area contributed by atoms with E-state index in [-0.39, 0.29) is 5.91 Å². The van der Waals surface area contributed by atoms with Crippen molar-refractivity contribution in [3.05, 3.63) is 29.6 Å². The number of nitrogens with one attached hydrogen (secondary N) is 1. The number of piperidine rings is 1. The summed E-state index contributed by atoms with van der Waals surface area (Å²) in [6, 6.07) is 3.91. The number of amides is 1. The summed E-state index contributed by atoms with van der Waals surface area (Å²) in [6.45, 7) is 8.28. The number of carbonyl (C=O) groups excluding carboxylic acids is 1. The third kappa shape index (κ3) is 4.93. The van der Waals surface area contributed by atoms with Gasteiger partial charge in [-0.2, -0.15) is 0 Å². The molecule has 0 radical (unpaired) electrons. The van der Waals surface area contributed by atoms with Crippen LogP contribution in [0.4, 0.5) is 0 Å². The SMILES string of the molecule is Cc1ccc(CC(=O)NCCN2CCCC(C)C2)cn1. The largest absolute Gasteiger partial charge is 0.355 e. The molecule has 1 aromatic rings. The van der Waals surface area contributed by atoms with Crippen LogP contribution in [0.25, 0.3) is 0 Å². The summed E-state index contributed by atoms with van der Waals surface area (Å²) >= 11 is 0. The zero-order chi connectivity index (χ0) is 14.4. The maximum Gasteiger partial charge on any atom is 0.224 e. The highest BCUT2D eigenvalue weighted by molar-refractivity contribution is 5.78. The van der Waals surface area contributed by atoms with E-state index in [1.54, 1.807) is 6.20 Å². The Kier molecular flexibility index (Phi) is 5.53. The minimum Gasteiger partial charge on any atom is -0.355 e. The number of nitrogens with zero attached hydrogens (tertiary/aromatic N) is 2. The van der Waals surface area contributed by atoms with Crippen LogP contribution in [0.5, 0.6) is 0 Å². The molecule has 1 aromatic heterocycles. The smallest absolute Gasteiger partial charge is 0.224 e. The molecule has 1 atom stereocenters. The zero-order valence-electron chi connectivity index (χ0n) is 12.6. The summed E-state index contributed by atoms with van der Waals surface area (Å²) in [5.74, 6) is 0.874. The molecule has 1 saturated heterocycles. The molecular weight excluding hydrogens is 250 g/mol. The molecule has 0 aromatic carbocycles. The molecule has 2 heterocycles. The zero-order valence-corrected chi connectivity index (χ0v) is 12.6. The second-order valence-corrected chi connectivity index (χ2v) is 5.88. The lowest BCUT2D eigenvalue weighted by Crippen LogP contribution is -2.40. The lowest BCUT2D eigenvalue weighted by molar-refractivity contribution is -0.120. The summed E-state index contributed by atoms with van der Waals surface area (Å²) in [5, 5.41) is 3.00. The van der Waals surface area contributed by atoms with Crippen molar-refractivity contribution in [1.82, 2.24) is 15.2 Å². The molecule has 1 amide bonds. The van der Waals surface area contributed by atoms with Crippen LogP contribution < -0.4 is 5.32 Å². The maximum atomic E-state index is 11.8. The van der Waals surface area contributed by atoms with Gasteiger partial charge >= 0.3 is 0 Å².